The Morgan fingerprint density at radius 1 is 1.64 bits per heavy atom. The normalized spacial score (nSPS) is 18.7. The van der Waals surface area contributed by atoms with Gasteiger partial charge < -0.3 is 0 Å². The Morgan fingerprint density at radius 3 is 2.71 bits per heavy atom. The van der Waals surface area contributed by atoms with Gasteiger partial charge in [-0.3, -0.25) is 10.2 Å². The molecular formula is C10H14N2OS. The Balaban J connectivity index is 2.38. The summed E-state index contributed by atoms with van der Waals surface area (Å²) in [6.07, 6.45) is 2.97. The molecular weight excluding hydrogens is 196 g/mol. The van der Waals surface area contributed by atoms with E-state index in [4.69, 9.17) is 5.84 Å². The van der Waals surface area contributed by atoms with Crippen LogP contribution in [0.5, 0.6) is 0 Å². The molecule has 1 aliphatic rings. The summed E-state index contributed by atoms with van der Waals surface area (Å²) < 4.78 is 0. The lowest BCUT2D eigenvalue weighted by molar-refractivity contribution is -0.129. The molecule has 0 atom stereocenters. The molecule has 0 bridgehead atoms. The molecule has 3 nitrogen and oxygen atoms in total. The van der Waals surface area contributed by atoms with Crippen molar-refractivity contribution in [3.8, 4) is 0 Å². The van der Waals surface area contributed by atoms with Crippen LogP contribution < -0.4 is 11.3 Å². The zero-order chi connectivity index (χ0) is 10.2. The van der Waals surface area contributed by atoms with Gasteiger partial charge in [0.1, 0.15) is 0 Å². The Hall–Kier alpha value is -0.870. The largest absolute Gasteiger partial charge is 0.293 e. The van der Waals surface area contributed by atoms with Crippen molar-refractivity contribution in [1.29, 1.82) is 0 Å². The molecule has 1 aromatic heterocycles. The third-order valence-electron chi connectivity index (χ3n) is 3.07. The number of aryl methyl sites for hydroxylation is 1. The number of amides is 1. The molecule has 1 heterocycles. The van der Waals surface area contributed by atoms with E-state index in [1.165, 1.54) is 10.4 Å². The fraction of sp³-hybridized carbons (Fsp3) is 0.500. The third-order valence-corrected chi connectivity index (χ3v) is 4.29. The van der Waals surface area contributed by atoms with E-state index in [9.17, 15) is 4.79 Å². The van der Waals surface area contributed by atoms with Crippen LogP contribution in [0.15, 0.2) is 11.4 Å². The van der Waals surface area contributed by atoms with E-state index < -0.39 is 0 Å². The van der Waals surface area contributed by atoms with Crippen LogP contribution in [0.2, 0.25) is 0 Å². The number of thiophene rings is 1. The van der Waals surface area contributed by atoms with E-state index >= 15 is 0 Å². The monoisotopic (exact) mass is 210 g/mol. The second kappa shape index (κ2) is 3.37. The summed E-state index contributed by atoms with van der Waals surface area (Å²) in [7, 11) is 0. The molecule has 0 spiro atoms. The molecule has 14 heavy (non-hydrogen) atoms. The molecule has 3 N–H and O–H groups in total. The second-order valence-corrected chi connectivity index (χ2v) is 4.76. The van der Waals surface area contributed by atoms with Gasteiger partial charge >= 0.3 is 0 Å². The number of hydrazine groups is 1. The maximum atomic E-state index is 11.7. The number of carbonyl (C=O) groups is 1. The number of rotatable bonds is 2. The number of nitrogens with one attached hydrogen (secondary N) is 1. The lowest BCUT2D eigenvalue weighted by Crippen LogP contribution is -2.51. The minimum absolute atomic E-state index is 0.0331. The lowest BCUT2D eigenvalue weighted by Gasteiger charge is -2.39. The zero-order valence-corrected chi connectivity index (χ0v) is 8.99. The zero-order valence-electron chi connectivity index (χ0n) is 8.17. The van der Waals surface area contributed by atoms with Crippen molar-refractivity contribution in [2.45, 2.75) is 31.6 Å². The maximum absolute atomic E-state index is 11.7. The predicted molar refractivity (Wildman–Crippen MR) is 56.9 cm³/mol. The summed E-state index contributed by atoms with van der Waals surface area (Å²) in [6.45, 7) is 2.05. The van der Waals surface area contributed by atoms with Crippen LogP contribution in [-0.2, 0) is 10.2 Å². The summed E-state index contributed by atoms with van der Waals surface area (Å²) in [5.41, 5.74) is 3.19. The highest BCUT2D eigenvalue weighted by molar-refractivity contribution is 7.10. The molecule has 1 amide bonds. The van der Waals surface area contributed by atoms with Crippen molar-refractivity contribution in [1.82, 2.24) is 5.43 Å². The molecule has 0 aromatic carbocycles. The molecule has 0 saturated heterocycles. The van der Waals surface area contributed by atoms with Crippen molar-refractivity contribution < 1.29 is 4.79 Å². The first kappa shape index (κ1) is 9.68. The van der Waals surface area contributed by atoms with Gasteiger partial charge in [0.2, 0.25) is 5.91 Å². The minimum atomic E-state index is -0.312. The number of carbonyl (C=O) groups excluding carboxylic acids is 1. The van der Waals surface area contributed by atoms with Crippen LogP contribution in [0.3, 0.4) is 0 Å². The Bertz CT molecular complexity index is 355. The first-order valence-electron chi connectivity index (χ1n) is 4.76. The summed E-state index contributed by atoms with van der Waals surface area (Å²) in [5, 5.41) is 2.04. The molecule has 0 unspecified atom stereocenters. The molecule has 1 aromatic rings. The molecule has 1 aliphatic carbocycles. The van der Waals surface area contributed by atoms with Crippen molar-refractivity contribution in [3.63, 3.8) is 0 Å². The van der Waals surface area contributed by atoms with Gasteiger partial charge in [-0.05, 0) is 36.8 Å². The number of nitrogens with two attached hydrogens (primary N) is 1. The van der Waals surface area contributed by atoms with Crippen LogP contribution in [-0.4, -0.2) is 5.91 Å². The maximum Gasteiger partial charge on any atom is 0.245 e. The Kier molecular flexibility index (Phi) is 2.33. The van der Waals surface area contributed by atoms with E-state index in [1.807, 2.05) is 5.38 Å². The lowest BCUT2D eigenvalue weighted by atomic mass is 9.66. The van der Waals surface area contributed by atoms with E-state index in [-0.39, 0.29) is 11.3 Å². The molecule has 0 aliphatic heterocycles. The van der Waals surface area contributed by atoms with Crippen LogP contribution >= 0.6 is 11.3 Å². The van der Waals surface area contributed by atoms with E-state index in [0.29, 0.717) is 0 Å². The van der Waals surface area contributed by atoms with E-state index in [2.05, 4.69) is 18.4 Å². The smallest absolute Gasteiger partial charge is 0.245 e. The number of hydrogen-bond acceptors (Lipinski definition) is 3. The molecule has 4 heteroatoms. The predicted octanol–water partition coefficient (Wildman–Crippen LogP) is 1.47. The van der Waals surface area contributed by atoms with Crippen LogP contribution in [0.4, 0.5) is 0 Å². The van der Waals surface area contributed by atoms with Gasteiger partial charge in [0.05, 0.1) is 5.41 Å². The van der Waals surface area contributed by atoms with Gasteiger partial charge in [0.25, 0.3) is 0 Å². The fourth-order valence-corrected chi connectivity index (χ4v) is 3.27. The third kappa shape index (κ3) is 1.18. The topological polar surface area (TPSA) is 55.1 Å². The number of hydrogen-bond donors (Lipinski definition) is 2. The standard InChI is InChI=1S/C10H14N2OS/c1-7-3-6-14-8(7)10(4-2-5-10)9(13)12-11/h3,6H,2,4-5,11H2,1H3,(H,12,13). The molecule has 76 valence electrons. The summed E-state index contributed by atoms with van der Waals surface area (Å²) in [6, 6.07) is 2.06. The van der Waals surface area contributed by atoms with Crippen LogP contribution in [0, 0.1) is 6.92 Å². The van der Waals surface area contributed by atoms with E-state index in [1.54, 1.807) is 11.3 Å². The van der Waals surface area contributed by atoms with Gasteiger partial charge in [0, 0.05) is 4.88 Å². The molecule has 2 rings (SSSR count). The highest BCUT2D eigenvalue weighted by Crippen LogP contribution is 2.47. The average Bonchev–Trinajstić information content (AvgIpc) is 2.51. The summed E-state index contributed by atoms with van der Waals surface area (Å²) in [4.78, 5) is 12.9. The van der Waals surface area contributed by atoms with Gasteiger partial charge in [-0.25, -0.2) is 5.84 Å². The Labute approximate surface area is 87.3 Å². The minimum Gasteiger partial charge on any atom is -0.293 e. The van der Waals surface area contributed by atoms with Gasteiger partial charge in [-0.15, -0.1) is 11.3 Å². The molecule has 0 radical (unpaired) electrons. The van der Waals surface area contributed by atoms with Crippen molar-refractivity contribution >= 4 is 17.2 Å². The first-order valence-corrected chi connectivity index (χ1v) is 5.64. The highest BCUT2D eigenvalue weighted by atomic mass is 32.1. The summed E-state index contributed by atoms with van der Waals surface area (Å²) >= 11 is 1.66. The van der Waals surface area contributed by atoms with Gasteiger partial charge in [0.15, 0.2) is 0 Å². The SMILES string of the molecule is Cc1ccsc1C1(C(=O)NN)CCC1. The first-order chi connectivity index (χ1) is 6.70. The average molecular weight is 210 g/mol. The fourth-order valence-electron chi connectivity index (χ4n) is 2.09. The van der Waals surface area contributed by atoms with Gasteiger partial charge in [-0.2, -0.15) is 0 Å². The van der Waals surface area contributed by atoms with E-state index in [0.717, 1.165) is 19.3 Å². The quantitative estimate of drug-likeness (QED) is 0.441. The van der Waals surface area contributed by atoms with Crippen molar-refractivity contribution in [3.05, 3.63) is 21.9 Å². The van der Waals surface area contributed by atoms with Crippen LogP contribution in [0.1, 0.15) is 29.7 Å². The highest BCUT2D eigenvalue weighted by Gasteiger charge is 2.46. The molecule has 1 saturated carbocycles. The van der Waals surface area contributed by atoms with Crippen molar-refractivity contribution in [2.24, 2.45) is 5.84 Å². The molecule has 1 fully saturated rings. The van der Waals surface area contributed by atoms with Gasteiger partial charge in [-0.1, -0.05) is 6.42 Å². The Morgan fingerprint density at radius 2 is 2.36 bits per heavy atom. The summed E-state index contributed by atoms with van der Waals surface area (Å²) in [5.74, 6) is 5.20. The van der Waals surface area contributed by atoms with Crippen molar-refractivity contribution in [2.75, 3.05) is 0 Å². The second-order valence-electron chi connectivity index (χ2n) is 3.84. The van der Waals surface area contributed by atoms with Crippen LogP contribution in [0.25, 0.3) is 0 Å².